The van der Waals surface area contributed by atoms with E-state index in [9.17, 15) is 9.90 Å². The topological polar surface area (TPSA) is 50.4 Å². The SMILES string of the molecule is CCCCCCc1cc2c(C)c(CCCCCC)c(=O)oc2cc1O. The average Bonchev–Trinajstić information content (AvgIpc) is 2.58. The lowest BCUT2D eigenvalue weighted by atomic mass is 9.97. The summed E-state index contributed by atoms with van der Waals surface area (Å²) in [7, 11) is 0. The third-order valence-electron chi connectivity index (χ3n) is 5.07. The van der Waals surface area contributed by atoms with Crippen LogP contribution in [0.15, 0.2) is 21.3 Å². The van der Waals surface area contributed by atoms with Crippen LogP contribution in [0, 0.1) is 6.92 Å². The lowest BCUT2D eigenvalue weighted by Gasteiger charge is -2.11. The van der Waals surface area contributed by atoms with Crippen molar-refractivity contribution in [2.75, 3.05) is 0 Å². The molecule has 0 radical (unpaired) electrons. The molecule has 3 heteroatoms. The molecule has 0 spiro atoms. The smallest absolute Gasteiger partial charge is 0.339 e. The van der Waals surface area contributed by atoms with Crippen LogP contribution in [0.2, 0.25) is 0 Å². The van der Waals surface area contributed by atoms with Gasteiger partial charge in [0, 0.05) is 17.0 Å². The Kier molecular flexibility index (Phi) is 7.54. The molecule has 0 saturated carbocycles. The fourth-order valence-electron chi connectivity index (χ4n) is 3.43. The van der Waals surface area contributed by atoms with Crippen LogP contribution in [-0.2, 0) is 12.8 Å². The molecule has 1 aromatic carbocycles. The van der Waals surface area contributed by atoms with Crippen LogP contribution in [0.1, 0.15) is 81.9 Å². The second-order valence-corrected chi connectivity index (χ2v) is 7.09. The summed E-state index contributed by atoms with van der Waals surface area (Å²) in [6.45, 7) is 6.39. The third-order valence-corrected chi connectivity index (χ3v) is 5.07. The van der Waals surface area contributed by atoms with Crippen LogP contribution in [0.4, 0.5) is 0 Å². The summed E-state index contributed by atoms with van der Waals surface area (Å²) >= 11 is 0. The van der Waals surface area contributed by atoms with Crippen molar-refractivity contribution >= 4 is 11.0 Å². The monoisotopic (exact) mass is 344 g/mol. The first-order valence-electron chi connectivity index (χ1n) is 9.86. The highest BCUT2D eigenvalue weighted by atomic mass is 16.4. The molecule has 0 fully saturated rings. The molecule has 0 amide bonds. The number of hydrogen-bond acceptors (Lipinski definition) is 3. The van der Waals surface area contributed by atoms with Crippen molar-refractivity contribution in [2.45, 2.75) is 85.0 Å². The van der Waals surface area contributed by atoms with Gasteiger partial charge in [-0.3, -0.25) is 0 Å². The summed E-state index contributed by atoms with van der Waals surface area (Å²) in [4.78, 5) is 12.3. The Bertz CT molecular complexity index is 743. The predicted octanol–water partition coefficient (Wildman–Crippen LogP) is 6.05. The minimum Gasteiger partial charge on any atom is -0.508 e. The molecular weight excluding hydrogens is 312 g/mol. The lowest BCUT2D eigenvalue weighted by molar-refractivity contribution is 0.463. The van der Waals surface area contributed by atoms with Crippen molar-refractivity contribution in [1.82, 2.24) is 0 Å². The number of fused-ring (bicyclic) bond motifs is 1. The van der Waals surface area contributed by atoms with Crippen LogP contribution in [0.5, 0.6) is 5.75 Å². The Morgan fingerprint density at radius 2 is 1.56 bits per heavy atom. The van der Waals surface area contributed by atoms with Crippen LogP contribution < -0.4 is 5.63 Å². The van der Waals surface area contributed by atoms with Crippen molar-refractivity contribution in [3.63, 3.8) is 0 Å². The summed E-state index contributed by atoms with van der Waals surface area (Å²) in [6.07, 6.45) is 10.9. The molecule has 1 aromatic heterocycles. The minimum atomic E-state index is -0.253. The van der Waals surface area contributed by atoms with E-state index in [1.807, 2.05) is 13.0 Å². The van der Waals surface area contributed by atoms with Crippen molar-refractivity contribution in [2.24, 2.45) is 0 Å². The van der Waals surface area contributed by atoms with Gasteiger partial charge >= 0.3 is 5.63 Å². The molecule has 1 heterocycles. The largest absolute Gasteiger partial charge is 0.508 e. The molecule has 138 valence electrons. The van der Waals surface area contributed by atoms with E-state index >= 15 is 0 Å². The minimum absolute atomic E-state index is 0.238. The number of aryl methyl sites for hydroxylation is 2. The standard InChI is InChI=1S/C22H32O3/c1-4-6-8-10-12-17-14-19-16(3)18(13-11-9-7-5-2)22(24)25-21(19)15-20(17)23/h14-15,23H,4-13H2,1-3H3. The van der Waals surface area contributed by atoms with Gasteiger partial charge in [-0.15, -0.1) is 0 Å². The fraction of sp³-hybridized carbons (Fsp3) is 0.591. The molecule has 0 saturated heterocycles. The van der Waals surface area contributed by atoms with Gasteiger partial charge in [-0.1, -0.05) is 52.4 Å². The van der Waals surface area contributed by atoms with E-state index < -0.39 is 0 Å². The van der Waals surface area contributed by atoms with Gasteiger partial charge in [0.25, 0.3) is 0 Å². The molecule has 0 bridgehead atoms. The van der Waals surface area contributed by atoms with E-state index in [0.717, 1.165) is 54.2 Å². The number of aromatic hydroxyl groups is 1. The molecule has 0 atom stereocenters. The molecule has 3 nitrogen and oxygen atoms in total. The van der Waals surface area contributed by atoms with Crippen LogP contribution in [0.3, 0.4) is 0 Å². The maximum absolute atomic E-state index is 12.3. The van der Waals surface area contributed by atoms with E-state index in [-0.39, 0.29) is 11.4 Å². The van der Waals surface area contributed by atoms with Crippen molar-refractivity contribution in [3.05, 3.63) is 39.2 Å². The van der Waals surface area contributed by atoms with E-state index in [0.29, 0.717) is 5.58 Å². The predicted molar refractivity (Wildman–Crippen MR) is 105 cm³/mol. The van der Waals surface area contributed by atoms with Gasteiger partial charge in [0.15, 0.2) is 0 Å². The Hall–Kier alpha value is -1.77. The Morgan fingerprint density at radius 3 is 2.20 bits per heavy atom. The first kappa shape index (κ1) is 19.6. The molecule has 0 unspecified atom stereocenters. The van der Waals surface area contributed by atoms with Gasteiger partial charge in [0.05, 0.1) is 0 Å². The summed E-state index contributed by atoms with van der Waals surface area (Å²) in [5, 5.41) is 11.2. The second kappa shape index (κ2) is 9.65. The van der Waals surface area contributed by atoms with Crippen LogP contribution in [-0.4, -0.2) is 5.11 Å². The van der Waals surface area contributed by atoms with Gasteiger partial charge in [-0.05, 0) is 49.8 Å². The van der Waals surface area contributed by atoms with Crippen LogP contribution >= 0.6 is 0 Å². The van der Waals surface area contributed by atoms with Gasteiger partial charge in [-0.2, -0.15) is 0 Å². The average molecular weight is 344 g/mol. The highest BCUT2D eigenvalue weighted by Crippen LogP contribution is 2.29. The highest BCUT2D eigenvalue weighted by molar-refractivity contribution is 5.83. The number of hydrogen-bond donors (Lipinski definition) is 1. The third kappa shape index (κ3) is 5.10. The van der Waals surface area contributed by atoms with Crippen molar-refractivity contribution in [1.29, 1.82) is 0 Å². The summed E-state index contributed by atoms with van der Waals surface area (Å²) < 4.78 is 5.49. The number of phenolic OH excluding ortho intramolecular Hbond substituents is 1. The van der Waals surface area contributed by atoms with Gasteiger partial charge in [0.2, 0.25) is 0 Å². The van der Waals surface area contributed by atoms with E-state index in [2.05, 4.69) is 13.8 Å². The quantitative estimate of drug-likeness (QED) is 0.421. The normalized spacial score (nSPS) is 11.3. The zero-order valence-electron chi connectivity index (χ0n) is 16.0. The maximum atomic E-state index is 12.3. The molecule has 25 heavy (non-hydrogen) atoms. The molecular formula is C22H32O3. The fourth-order valence-corrected chi connectivity index (χ4v) is 3.43. The molecule has 0 aliphatic carbocycles. The van der Waals surface area contributed by atoms with Crippen molar-refractivity contribution in [3.8, 4) is 5.75 Å². The van der Waals surface area contributed by atoms with Gasteiger partial charge < -0.3 is 9.52 Å². The van der Waals surface area contributed by atoms with E-state index in [1.165, 1.54) is 32.1 Å². The first-order chi connectivity index (χ1) is 12.1. The molecule has 0 aliphatic rings. The van der Waals surface area contributed by atoms with E-state index in [1.54, 1.807) is 6.07 Å². The second-order valence-electron chi connectivity index (χ2n) is 7.09. The molecule has 2 rings (SSSR count). The molecule has 2 aromatic rings. The zero-order chi connectivity index (χ0) is 18.2. The van der Waals surface area contributed by atoms with Crippen molar-refractivity contribution < 1.29 is 9.52 Å². The molecule has 1 N–H and O–H groups in total. The first-order valence-corrected chi connectivity index (χ1v) is 9.86. The number of unbranched alkanes of at least 4 members (excludes halogenated alkanes) is 6. The summed E-state index contributed by atoms with van der Waals surface area (Å²) in [5.74, 6) is 0.238. The Labute approximate surface area is 151 Å². The Balaban J connectivity index is 2.26. The lowest BCUT2D eigenvalue weighted by Crippen LogP contribution is -2.10. The summed E-state index contributed by atoms with van der Waals surface area (Å²) in [5.41, 5.74) is 3.01. The number of benzene rings is 1. The summed E-state index contributed by atoms with van der Waals surface area (Å²) in [6, 6.07) is 3.63. The van der Waals surface area contributed by atoms with Crippen LogP contribution in [0.25, 0.3) is 11.0 Å². The Morgan fingerprint density at radius 1 is 0.920 bits per heavy atom. The number of phenols is 1. The van der Waals surface area contributed by atoms with Gasteiger partial charge in [0.1, 0.15) is 11.3 Å². The molecule has 0 aliphatic heterocycles. The number of rotatable bonds is 10. The van der Waals surface area contributed by atoms with E-state index in [4.69, 9.17) is 4.42 Å². The highest BCUT2D eigenvalue weighted by Gasteiger charge is 2.14. The zero-order valence-corrected chi connectivity index (χ0v) is 16.0. The maximum Gasteiger partial charge on any atom is 0.339 e. The van der Waals surface area contributed by atoms with Gasteiger partial charge in [-0.25, -0.2) is 4.79 Å².